The van der Waals surface area contributed by atoms with E-state index in [1.165, 1.54) is 0 Å². The van der Waals surface area contributed by atoms with Gasteiger partial charge in [-0.05, 0) is 12.8 Å². The normalized spacial score (nSPS) is 12.1. The van der Waals surface area contributed by atoms with Gasteiger partial charge in [-0.2, -0.15) is 13.2 Å². The van der Waals surface area contributed by atoms with Gasteiger partial charge in [-0.3, -0.25) is 0 Å². The molecule has 23 heavy (non-hydrogen) atoms. The van der Waals surface area contributed by atoms with Gasteiger partial charge in [0, 0.05) is 5.56 Å². The number of alkyl halides is 3. The Hall–Kier alpha value is -1.34. The standard InChI is InChI=1S/C9H4F8.C4H10.C2H6/c1-2(9(15,16)17)3-4(10)6(12)8(14)7(13)5(3)11;1-4(2)3;1-2/h2H,1H3;4H,1-3H3;1-2H3. The highest BCUT2D eigenvalue weighted by molar-refractivity contribution is 5.28. The zero-order valence-corrected chi connectivity index (χ0v) is 13.7. The summed E-state index contributed by atoms with van der Waals surface area (Å²) in [6, 6.07) is 0. The van der Waals surface area contributed by atoms with Crippen LogP contribution in [0.15, 0.2) is 0 Å². The molecule has 0 bridgehead atoms. The van der Waals surface area contributed by atoms with Crippen LogP contribution in [0.5, 0.6) is 0 Å². The van der Waals surface area contributed by atoms with Crippen LogP contribution in [0.4, 0.5) is 35.1 Å². The Morgan fingerprint density at radius 3 is 1.04 bits per heavy atom. The van der Waals surface area contributed by atoms with E-state index in [4.69, 9.17) is 0 Å². The van der Waals surface area contributed by atoms with Crippen LogP contribution in [0.25, 0.3) is 0 Å². The van der Waals surface area contributed by atoms with Crippen molar-refractivity contribution in [3.63, 3.8) is 0 Å². The topological polar surface area (TPSA) is 0 Å². The summed E-state index contributed by atoms with van der Waals surface area (Å²) in [5, 5.41) is 0. The van der Waals surface area contributed by atoms with E-state index in [1.54, 1.807) is 0 Å². The maximum atomic E-state index is 13.0. The average molecular weight is 352 g/mol. The van der Waals surface area contributed by atoms with Crippen molar-refractivity contribution in [1.29, 1.82) is 0 Å². The molecular weight excluding hydrogens is 332 g/mol. The van der Waals surface area contributed by atoms with E-state index >= 15 is 0 Å². The van der Waals surface area contributed by atoms with Crippen molar-refractivity contribution in [2.45, 2.75) is 53.6 Å². The van der Waals surface area contributed by atoms with E-state index in [0.717, 1.165) is 5.92 Å². The molecule has 1 unspecified atom stereocenters. The first-order valence-electron chi connectivity index (χ1n) is 6.90. The molecule has 0 heterocycles. The lowest BCUT2D eigenvalue weighted by molar-refractivity contribution is -0.147. The molecule has 1 atom stereocenters. The molecular formula is C15H20F8. The summed E-state index contributed by atoms with van der Waals surface area (Å²) in [6.07, 6.45) is -5.11. The fourth-order valence-corrected chi connectivity index (χ4v) is 1.17. The van der Waals surface area contributed by atoms with Crippen LogP contribution in [-0.4, -0.2) is 6.18 Å². The Kier molecular flexibility index (Phi) is 10.1. The van der Waals surface area contributed by atoms with Crippen molar-refractivity contribution in [3.8, 4) is 0 Å². The summed E-state index contributed by atoms with van der Waals surface area (Å²) in [5.74, 6) is -14.2. The summed E-state index contributed by atoms with van der Waals surface area (Å²) < 4.78 is 100. The predicted octanol–water partition coefficient (Wildman–Crippen LogP) is 6.74. The van der Waals surface area contributed by atoms with Crippen LogP contribution in [0.3, 0.4) is 0 Å². The van der Waals surface area contributed by atoms with E-state index in [1.807, 2.05) is 13.8 Å². The molecule has 0 spiro atoms. The van der Waals surface area contributed by atoms with Gasteiger partial charge in [0.05, 0.1) is 5.92 Å². The molecule has 0 saturated carbocycles. The molecule has 0 saturated heterocycles. The van der Waals surface area contributed by atoms with Gasteiger partial charge in [-0.25, -0.2) is 22.0 Å². The van der Waals surface area contributed by atoms with E-state index < -0.39 is 46.7 Å². The lowest BCUT2D eigenvalue weighted by Crippen LogP contribution is -2.22. The Bertz CT molecular complexity index is 459. The molecule has 0 fully saturated rings. The molecule has 1 aromatic rings. The number of hydrogen-bond donors (Lipinski definition) is 0. The van der Waals surface area contributed by atoms with Crippen LogP contribution in [0.1, 0.15) is 53.0 Å². The maximum absolute atomic E-state index is 13.0. The number of rotatable bonds is 1. The molecule has 0 radical (unpaired) electrons. The number of hydrogen-bond acceptors (Lipinski definition) is 0. The fourth-order valence-electron chi connectivity index (χ4n) is 1.17. The maximum Gasteiger partial charge on any atom is 0.395 e. The molecule has 1 aromatic carbocycles. The smallest absolute Gasteiger partial charge is 0.203 e. The van der Waals surface area contributed by atoms with Crippen LogP contribution >= 0.6 is 0 Å². The van der Waals surface area contributed by atoms with Crippen molar-refractivity contribution in [3.05, 3.63) is 34.6 Å². The zero-order valence-electron chi connectivity index (χ0n) is 13.7. The van der Waals surface area contributed by atoms with Crippen LogP contribution in [0, 0.1) is 35.0 Å². The summed E-state index contributed by atoms with van der Waals surface area (Å²) in [7, 11) is 0. The Morgan fingerprint density at radius 2 is 0.826 bits per heavy atom. The molecule has 136 valence electrons. The first kappa shape index (κ1) is 23.9. The summed E-state index contributed by atoms with van der Waals surface area (Å²) >= 11 is 0. The Morgan fingerprint density at radius 1 is 0.609 bits per heavy atom. The second-order valence-corrected chi connectivity index (χ2v) is 4.98. The van der Waals surface area contributed by atoms with Crippen molar-refractivity contribution < 1.29 is 35.1 Å². The second kappa shape index (κ2) is 9.72. The Labute approximate surface area is 130 Å². The largest absolute Gasteiger partial charge is 0.395 e. The third kappa shape index (κ3) is 6.74. The zero-order chi connectivity index (χ0) is 19.1. The molecule has 0 amide bonds. The average Bonchev–Trinajstić information content (AvgIpc) is 2.43. The van der Waals surface area contributed by atoms with Gasteiger partial charge in [0.25, 0.3) is 0 Å². The minimum absolute atomic E-state index is 0.304. The lowest BCUT2D eigenvalue weighted by atomic mass is 9.98. The number of halogens is 8. The molecule has 1 rings (SSSR count). The van der Waals surface area contributed by atoms with Gasteiger partial charge < -0.3 is 0 Å². The molecule has 0 N–H and O–H groups in total. The summed E-state index contributed by atoms with van der Waals surface area (Å²) in [5.41, 5.74) is -1.88. The molecule has 0 nitrogen and oxygen atoms in total. The highest BCUT2D eigenvalue weighted by Gasteiger charge is 2.42. The highest BCUT2D eigenvalue weighted by Crippen LogP contribution is 2.38. The lowest BCUT2D eigenvalue weighted by Gasteiger charge is -2.18. The minimum Gasteiger partial charge on any atom is -0.203 e. The third-order valence-electron chi connectivity index (χ3n) is 2.17. The SMILES string of the molecule is CC.CC(C)C.CC(c1c(F)c(F)c(F)c(F)c1F)C(F)(F)F. The van der Waals surface area contributed by atoms with Gasteiger partial charge in [0.1, 0.15) is 0 Å². The molecule has 8 heteroatoms. The van der Waals surface area contributed by atoms with Gasteiger partial charge in [0.2, 0.25) is 5.82 Å². The van der Waals surface area contributed by atoms with Crippen molar-refractivity contribution in [1.82, 2.24) is 0 Å². The minimum atomic E-state index is -5.11. The van der Waals surface area contributed by atoms with E-state index in [0.29, 0.717) is 6.92 Å². The van der Waals surface area contributed by atoms with Crippen molar-refractivity contribution >= 4 is 0 Å². The van der Waals surface area contributed by atoms with E-state index in [2.05, 4.69) is 20.8 Å². The molecule has 0 aliphatic carbocycles. The quantitative estimate of drug-likeness (QED) is 0.298. The Balaban J connectivity index is 0. The molecule has 0 aromatic heterocycles. The summed E-state index contributed by atoms with van der Waals surface area (Å²) in [6.45, 7) is 10.8. The predicted molar refractivity (Wildman–Crippen MR) is 72.6 cm³/mol. The van der Waals surface area contributed by atoms with Crippen molar-refractivity contribution in [2.75, 3.05) is 0 Å². The first-order chi connectivity index (χ1) is 10.3. The highest BCUT2D eigenvalue weighted by atomic mass is 19.4. The number of benzene rings is 1. The van der Waals surface area contributed by atoms with Gasteiger partial charge in [0.15, 0.2) is 23.3 Å². The second-order valence-electron chi connectivity index (χ2n) is 4.98. The molecule has 0 aliphatic rings. The first-order valence-corrected chi connectivity index (χ1v) is 6.90. The summed E-state index contributed by atoms with van der Waals surface area (Å²) in [4.78, 5) is 0. The fraction of sp³-hybridized carbons (Fsp3) is 0.600. The van der Waals surface area contributed by atoms with Gasteiger partial charge >= 0.3 is 6.18 Å². The molecule has 0 aliphatic heterocycles. The monoisotopic (exact) mass is 352 g/mol. The van der Waals surface area contributed by atoms with Crippen LogP contribution < -0.4 is 0 Å². The van der Waals surface area contributed by atoms with Crippen LogP contribution in [-0.2, 0) is 0 Å². The van der Waals surface area contributed by atoms with Gasteiger partial charge in [-0.1, -0.05) is 34.6 Å². The van der Waals surface area contributed by atoms with E-state index in [9.17, 15) is 35.1 Å². The van der Waals surface area contributed by atoms with Gasteiger partial charge in [-0.15, -0.1) is 0 Å². The van der Waals surface area contributed by atoms with Crippen LogP contribution in [0.2, 0.25) is 0 Å². The van der Waals surface area contributed by atoms with Crippen molar-refractivity contribution in [2.24, 2.45) is 5.92 Å². The van der Waals surface area contributed by atoms with E-state index in [-0.39, 0.29) is 0 Å². The third-order valence-corrected chi connectivity index (χ3v) is 2.17.